The summed E-state index contributed by atoms with van der Waals surface area (Å²) in [7, 11) is 1.32. The van der Waals surface area contributed by atoms with Gasteiger partial charge in [-0.2, -0.15) is 10.2 Å². The molecule has 0 saturated carbocycles. The van der Waals surface area contributed by atoms with Crippen LogP contribution in [-0.2, 0) is 14.3 Å². The van der Waals surface area contributed by atoms with Gasteiger partial charge in [-0.3, -0.25) is 9.59 Å². The predicted molar refractivity (Wildman–Crippen MR) is 94.1 cm³/mol. The van der Waals surface area contributed by atoms with Gasteiger partial charge in [0.15, 0.2) is 5.66 Å². The highest BCUT2D eigenvalue weighted by atomic mass is 35.5. The van der Waals surface area contributed by atoms with Gasteiger partial charge in [0.05, 0.1) is 13.0 Å². The molecule has 1 aromatic rings. The van der Waals surface area contributed by atoms with Crippen molar-refractivity contribution >= 4 is 23.5 Å². The van der Waals surface area contributed by atoms with E-state index < -0.39 is 17.6 Å². The SMILES string of the molecule is C#CCCC1(CCC(=O)NCC(C(=O)OC)c2ccc(Cl)cc2)N=N1. The number of hydrogen-bond acceptors (Lipinski definition) is 5. The summed E-state index contributed by atoms with van der Waals surface area (Å²) in [4.78, 5) is 24.1. The molecule has 1 amide bonds. The van der Waals surface area contributed by atoms with Gasteiger partial charge in [-0.25, -0.2) is 0 Å². The summed E-state index contributed by atoms with van der Waals surface area (Å²) in [5.41, 5.74) is 0.246. The van der Waals surface area contributed by atoms with Crippen LogP contribution in [0, 0.1) is 12.3 Å². The summed E-state index contributed by atoms with van der Waals surface area (Å²) in [5.74, 6) is 1.38. The maximum atomic E-state index is 12.1. The molecule has 1 heterocycles. The molecule has 0 fully saturated rings. The maximum Gasteiger partial charge on any atom is 0.314 e. The van der Waals surface area contributed by atoms with E-state index in [9.17, 15) is 9.59 Å². The first-order chi connectivity index (χ1) is 12.0. The number of carbonyl (C=O) groups excluding carboxylic acids is 2. The van der Waals surface area contributed by atoms with Gasteiger partial charge >= 0.3 is 5.97 Å². The minimum absolute atomic E-state index is 0.152. The Hall–Kier alpha value is -2.39. The number of rotatable bonds is 9. The minimum Gasteiger partial charge on any atom is -0.468 e. The molecule has 6 nitrogen and oxygen atoms in total. The lowest BCUT2D eigenvalue weighted by Crippen LogP contribution is -2.32. The predicted octanol–water partition coefficient (Wildman–Crippen LogP) is 3.07. The van der Waals surface area contributed by atoms with Gasteiger partial charge in [-0.15, -0.1) is 12.3 Å². The molecule has 1 N–H and O–H groups in total. The molecule has 132 valence electrons. The third kappa shape index (κ3) is 5.57. The van der Waals surface area contributed by atoms with Crippen LogP contribution in [0.1, 0.15) is 37.2 Å². The van der Waals surface area contributed by atoms with Crippen LogP contribution in [0.25, 0.3) is 0 Å². The number of halogens is 1. The number of hydrogen-bond donors (Lipinski definition) is 1. The second-order valence-corrected chi connectivity index (χ2v) is 6.25. The highest BCUT2D eigenvalue weighted by molar-refractivity contribution is 6.30. The number of carbonyl (C=O) groups is 2. The van der Waals surface area contributed by atoms with Gasteiger partial charge in [0.2, 0.25) is 5.91 Å². The number of terminal acetylenes is 1. The lowest BCUT2D eigenvalue weighted by atomic mass is 9.98. The summed E-state index contributed by atoms with van der Waals surface area (Å²) in [6.45, 7) is 0.152. The molecule has 0 aliphatic carbocycles. The van der Waals surface area contributed by atoms with Crippen molar-refractivity contribution in [3.63, 3.8) is 0 Å². The number of methoxy groups -OCH3 is 1. The van der Waals surface area contributed by atoms with Crippen molar-refractivity contribution < 1.29 is 14.3 Å². The summed E-state index contributed by atoms with van der Waals surface area (Å²) < 4.78 is 4.83. The van der Waals surface area contributed by atoms with Gasteiger partial charge in [-0.05, 0) is 17.7 Å². The van der Waals surface area contributed by atoms with Crippen molar-refractivity contribution in [2.45, 2.75) is 37.3 Å². The molecule has 7 heteroatoms. The van der Waals surface area contributed by atoms with Gasteiger partial charge in [0.1, 0.15) is 0 Å². The van der Waals surface area contributed by atoms with Crippen LogP contribution in [0.15, 0.2) is 34.5 Å². The van der Waals surface area contributed by atoms with Crippen LogP contribution >= 0.6 is 11.6 Å². The quantitative estimate of drug-likeness (QED) is 0.542. The first-order valence-electron chi connectivity index (χ1n) is 7.97. The van der Waals surface area contributed by atoms with Crippen molar-refractivity contribution in [2.75, 3.05) is 13.7 Å². The number of amides is 1. The van der Waals surface area contributed by atoms with Crippen LogP contribution in [-0.4, -0.2) is 31.2 Å². The lowest BCUT2D eigenvalue weighted by Gasteiger charge is -2.16. The molecule has 1 aliphatic rings. The highest BCUT2D eigenvalue weighted by Crippen LogP contribution is 2.37. The topological polar surface area (TPSA) is 80.1 Å². The first kappa shape index (κ1) is 18.9. The van der Waals surface area contributed by atoms with E-state index in [1.807, 2.05) is 0 Å². The van der Waals surface area contributed by atoms with E-state index in [0.717, 1.165) is 5.56 Å². The van der Waals surface area contributed by atoms with Crippen LogP contribution in [0.5, 0.6) is 0 Å². The molecule has 0 saturated heterocycles. The number of esters is 1. The fourth-order valence-electron chi connectivity index (χ4n) is 2.46. The fourth-order valence-corrected chi connectivity index (χ4v) is 2.59. The molecule has 0 bridgehead atoms. The Morgan fingerprint density at radius 1 is 1.32 bits per heavy atom. The average Bonchev–Trinajstić information content (AvgIpc) is 3.40. The molecular weight excluding hydrogens is 342 g/mol. The van der Waals surface area contributed by atoms with E-state index in [4.69, 9.17) is 22.8 Å². The van der Waals surface area contributed by atoms with E-state index in [-0.39, 0.29) is 18.9 Å². The molecule has 25 heavy (non-hydrogen) atoms. The molecule has 0 spiro atoms. The molecular formula is C18H20ClN3O3. The number of nitrogens with one attached hydrogen (secondary N) is 1. The first-order valence-corrected chi connectivity index (χ1v) is 8.35. The number of ether oxygens (including phenoxy) is 1. The largest absolute Gasteiger partial charge is 0.468 e. The molecule has 2 rings (SSSR count). The highest BCUT2D eigenvalue weighted by Gasteiger charge is 2.39. The maximum absolute atomic E-state index is 12.1. The van der Waals surface area contributed by atoms with Gasteiger partial charge in [0, 0.05) is 37.3 Å². The van der Waals surface area contributed by atoms with E-state index in [1.54, 1.807) is 24.3 Å². The van der Waals surface area contributed by atoms with Crippen LogP contribution in [0.4, 0.5) is 0 Å². The fraction of sp³-hybridized carbons (Fsp3) is 0.444. The minimum atomic E-state index is -0.586. The molecule has 1 aromatic carbocycles. The lowest BCUT2D eigenvalue weighted by molar-refractivity contribution is -0.142. The zero-order valence-electron chi connectivity index (χ0n) is 14.0. The van der Waals surface area contributed by atoms with Gasteiger partial charge < -0.3 is 10.1 Å². The number of nitrogens with zero attached hydrogens (tertiary/aromatic N) is 2. The van der Waals surface area contributed by atoms with E-state index in [0.29, 0.717) is 24.3 Å². The van der Waals surface area contributed by atoms with Crippen LogP contribution < -0.4 is 5.32 Å². The monoisotopic (exact) mass is 361 g/mol. The molecule has 1 aliphatic heterocycles. The van der Waals surface area contributed by atoms with Crippen molar-refractivity contribution in [3.8, 4) is 12.3 Å². The van der Waals surface area contributed by atoms with Gasteiger partial charge in [-0.1, -0.05) is 23.7 Å². The van der Waals surface area contributed by atoms with E-state index in [1.165, 1.54) is 7.11 Å². The van der Waals surface area contributed by atoms with E-state index >= 15 is 0 Å². The smallest absolute Gasteiger partial charge is 0.314 e. The standard InChI is InChI=1S/C18H20ClN3O3/c1-3-4-10-18(21-22-18)11-9-16(23)20-12-15(17(24)25-2)13-5-7-14(19)8-6-13/h1,5-8,15H,4,9-12H2,2H3,(H,20,23). The zero-order chi connectivity index (χ0) is 18.3. The number of benzene rings is 1. The van der Waals surface area contributed by atoms with Crippen LogP contribution in [0.2, 0.25) is 5.02 Å². The normalized spacial score (nSPS) is 15.1. The third-order valence-electron chi connectivity index (χ3n) is 4.07. The average molecular weight is 362 g/mol. The Labute approximate surface area is 152 Å². The molecule has 1 atom stereocenters. The summed E-state index contributed by atoms with van der Waals surface area (Å²) in [6.07, 6.45) is 7.27. The molecule has 0 radical (unpaired) electrons. The van der Waals surface area contributed by atoms with Crippen molar-refractivity contribution in [1.82, 2.24) is 5.32 Å². The Bertz CT molecular complexity index is 689. The van der Waals surface area contributed by atoms with Crippen molar-refractivity contribution in [3.05, 3.63) is 34.9 Å². The Balaban J connectivity index is 1.85. The Morgan fingerprint density at radius 2 is 2.00 bits per heavy atom. The third-order valence-corrected chi connectivity index (χ3v) is 4.32. The van der Waals surface area contributed by atoms with Crippen molar-refractivity contribution in [2.24, 2.45) is 10.2 Å². The van der Waals surface area contributed by atoms with E-state index in [2.05, 4.69) is 21.5 Å². The second kappa shape index (κ2) is 8.63. The summed E-state index contributed by atoms with van der Waals surface area (Å²) >= 11 is 5.87. The Kier molecular flexibility index (Phi) is 6.54. The van der Waals surface area contributed by atoms with Gasteiger partial charge in [0.25, 0.3) is 0 Å². The Morgan fingerprint density at radius 3 is 2.56 bits per heavy atom. The van der Waals surface area contributed by atoms with Crippen LogP contribution in [0.3, 0.4) is 0 Å². The van der Waals surface area contributed by atoms with Crippen molar-refractivity contribution in [1.29, 1.82) is 0 Å². The summed E-state index contributed by atoms with van der Waals surface area (Å²) in [6, 6.07) is 6.87. The second-order valence-electron chi connectivity index (χ2n) is 5.82. The molecule has 1 unspecified atom stereocenters. The molecule has 0 aromatic heterocycles. The summed E-state index contributed by atoms with van der Waals surface area (Å²) in [5, 5.41) is 11.3. The zero-order valence-corrected chi connectivity index (χ0v) is 14.8.